The minimum atomic E-state index is 0.655. The summed E-state index contributed by atoms with van der Waals surface area (Å²) in [6.45, 7) is 0. The zero-order valence-electron chi connectivity index (χ0n) is 9.22. The van der Waals surface area contributed by atoms with E-state index in [-0.39, 0.29) is 0 Å². The maximum Gasteiger partial charge on any atom is 0.124 e. The van der Waals surface area contributed by atoms with E-state index < -0.39 is 0 Å². The van der Waals surface area contributed by atoms with Gasteiger partial charge in [-0.2, -0.15) is 5.26 Å². The molecule has 0 unspecified atom stereocenters. The molecule has 3 rings (SSSR count). The van der Waals surface area contributed by atoms with Gasteiger partial charge in [0.25, 0.3) is 0 Å². The van der Waals surface area contributed by atoms with Crippen LogP contribution in [0.4, 0.5) is 0 Å². The van der Waals surface area contributed by atoms with Crippen molar-refractivity contribution in [1.29, 1.82) is 5.26 Å². The second-order valence-corrected chi connectivity index (χ2v) is 5.29. The fourth-order valence-electron chi connectivity index (χ4n) is 1.71. The van der Waals surface area contributed by atoms with Gasteiger partial charge in [0.05, 0.1) is 21.8 Å². The standard InChI is InChI=1S/C14H7ClN2S/c15-11-5-6-12-13(7-11)18-14(17-12)10-3-1-9(8-16)2-4-10/h1-7H. The summed E-state index contributed by atoms with van der Waals surface area (Å²) in [5, 5.41) is 10.4. The van der Waals surface area contributed by atoms with E-state index >= 15 is 0 Å². The van der Waals surface area contributed by atoms with E-state index in [2.05, 4.69) is 11.1 Å². The molecule has 0 saturated carbocycles. The smallest absolute Gasteiger partial charge is 0.124 e. The molecule has 0 amide bonds. The summed E-state index contributed by atoms with van der Waals surface area (Å²) < 4.78 is 1.07. The number of hydrogen-bond acceptors (Lipinski definition) is 3. The van der Waals surface area contributed by atoms with Gasteiger partial charge in [-0.25, -0.2) is 4.98 Å². The maximum atomic E-state index is 8.77. The van der Waals surface area contributed by atoms with Crippen LogP contribution >= 0.6 is 22.9 Å². The van der Waals surface area contributed by atoms with E-state index in [1.807, 2.05) is 30.3 Å². The summed E-state index contributed by atoms with van der Waals surface area (Å²) >= 11 is 7.56. The van der Waals surface area contributed by atoms with Gasteiger partial charge in [0.15, 0.2) is 0 Å². The summed E-state index contributed by atoms with van der Waals surface area (Å²) in [4.78, 5) is 4.56. The summed E-state index contributed by atoms with van der Waals surface area (Å²) in [6.07, 6.45) is 0. The molecule has 4 heteroatoms. The normalized spacial score (nSPS) is 10.4. The van der Waals surface area contributed by atoms with E-state index in [1.165, 1.54) is 0 Å². The molecule has 0 aliphatic rings. The van der Waals surface area contributed by atoms with E-state index in [4.69, 9.17) is 16.9 Å². The molecule has 0 spiro atoms. The third-order valence-electron chi connectivity index (χ3n) is 2.61. The first kappa shape index (κ1) is 11.2. The quantitative estimate of drug-likeness (QED) is 0.653. The Bertz CT molecular complexity index is 754. The molecule has 0 radical (unpaired) electrons. The maximum absolute atomic E-state index is 8.77. The SMILES string of the molecule is N#Cc1ccc(-c2nc3ccc(Cl)cc3s2)cc1. The monoisotopic (exact) mass is 270 g/mol. The molecule has 2 aromatic carbocycles. The van der Waals surface area contributed by atoms with Crippen LogP contribution in [0.1, 0.15) is 5.56 Å². The first-order valence-corrected chi connectivity index (χ1v) is 6.52. The number of nitrogens with zero attached hydrogens (tertiary/aromatic N) is 2. The Morgan fingerprint density at radius 1 is 1.11 bits per heavy atom. The van der Waals surface area contributed by atoms with Gasteiger partial charge < -0.3 is 0 Å². The number of halogens is 1. The van der Waals surface area contributed by atoms with Crippen LogP contribution in [0.5, 0.6) is 0 Å². The average Bonchev–Trinajstić information content (AvgIpc) is 2.81. The molecular formula is C14H7ClN2S. The number of hydrogen-bond donors (Lipinski definition) is 0. The Balaban J connectivity index is 2.10. The minimum Gasteiger partial charge on any atom is -0.236 e. The Morgan fingerprint density at radius 2 is 1.89 bits per heavy atom. The molecule has 1 heterocycles. The molecule has 86 valence electrons. The zero-order chi connectivity index (χ0) is 12.5. The molecular weight excluding hydrogens is 264 g/mol. The molecule has 0 N–H and O–H groups in total. The van der Waals surface area contributed by atoms with Crippen molar-refractivity contribution in [2.75, 3.05) is 0 Å². The van der Waals surface area contributed by atoms with E-state index in [1.54, 1.807) is 23.5 Å². The Hall–Kier alpha value is -1.89. The third kappa shape index (κ3) is 1.97. The lowest BCUT2D eigenvalue weighted by Gasteiger charge is -1.94. The molecule has 0 bridgehead atoms. The lowest BCUT2D eigenvalue weighted by molar-refractivity contribution is 1.46. The average molecular weight is 271 g/mol. The molecule has 0 saturated heterocycles. The number of rotatable bonds is 1. The third-order valence-corrected chi connectivity index (χ3v) is 3.91. The van der Waals surface area contributed by atoms with E-state index in [9.17, 15) is 0 Å². The van der Waals surface area contributed by atoms with Crippen LogP contribution in [-0.2, 0) is 0 Å². The van der Waals surface area contributed by atoms with Crippen LogP contribution in [0.3, 0.4) is 0 Å². The van der Waals surface area contributed by atoms with Gasteiger partial charge in [0, 0.05) is 10.6 Å². The van der Waals surface area contributed by atoms with Gasteiger partial charge in [-0.1, -0.05) is 23.7 Å². The number of benzene rings is 2. The lowest BCUT2D eigenvalue weighted by Crippen LogP contribution is -1.77. The van der Waals surface area contributed by atoms with Crippen molar-refractivity contribution in [3.63, 3.8) is 0 Å². The zero-order valence-corrected chi connectivity index (χ0v) is 10.8. The molecule has 1 aromatic heterocycles. The number of aromatic nitrogens is 1. The van der Waals surface area contributed by atoms with Crippen LogP contribution in [0.2, 0.25) is 5.02 Å². The van der Waals surface area contributed by atoms with Gasteiger partial charge in [-0.15, -0.1) is 11.3 Å². The molecule has 0 atom stereocenters. The highest BCUT2D eigenvalue weighted by Crippen LogP contribution is 2.31. The topological polar surface area (TPSA) is 36.7 Å². The largest absolute Gasteiger partial charge is 0.236 e. The predicted octanol–water partition coefficient (Wildman–Crippen LogP) is 4.49. The molecule has 0 aliphatic heterocycles. The second-order valence-electron chi connectivity index (χ2n) is 3.82. The highest BCUT2D eigenvalue weighted by molar-refractivity contribution is 7.21. The fourth-order valence-corrected chi connectivity index (χ4v) is 2.96. The van der Waals surface area contributed by atoms with Crippen LogP contribution in [0, 0.1) is 11.3 Å². The van der Waals surface area contributed by atoms with Crippen molar-refractivity contribution >= 4 is 33.2 Å². The van der Waals surface area contributed by atoms with E-state index in [0.29, 0.717) is 5.56 Å². The van der Waals surface area contributed by atoms with Crippen LogP contribution < -0.4 is 0 Å². The van der Waals surface area contributed by atoms with Crippen LogP contribution in [-0.4, -0.2) is 4.98 Å². The van der Waals surface area contributed by atoms with Gasteiger partial charge in [0.1, 0.15) is 5.01 Å². The molecule has 0 fully saturated rings. The molecule has 18 heavy (non-hydrogen) atoms. The first-order chi connectivity index (χ1) is 8.76. The van der Waals surface area contributed by atoms with Gasteiger partial charge in [0.2, 0.25) is 0 Å². The van der Waals surface area contributed by atoms with Crippen molar-refractivity contribution in [2.45, 2.75) is 0 Å². The number of fused-ring (bicyclic) bond motifs is 1. The van der Waals surface area contributed by atoms with Gasteiger partial charge >= 0.3 is 0 Å². The summed E-state index contributed by atoms with van der Waals surface area (Å²) in [5.74, 6) is 0. The predicted molar refractivity (Wildman–Crippen MR) is 74.8 cm³/mol. The van der Waals surface area contributed by atoms with E-state index in [0.717, 1.165) is 25.8 Å². The van der Waals surface area contributed by atoms with Crippen LogP contribution in [0.15, 0.2) is 42.5 Å². The summed E-state index contributed by atoms with van der Waals surface area (Å²) in [6, 6.07) is 15.2. The molecule has 3 aromatic rings. The minimum absolute atomic E-state index is 0.655. The lowest BCUT2D eigenvalue weighted by atomic mass is 10.1. The van der Waals surface area contributed by atoms with Crippen LogP contribution in [0.25, 0.3) is 20.8 Å². The van der Waals surface area contributed by atoms with Crippen molar-refractivity contribution in [1.82, 2.24) is 4.98 Å². The molecule has 2 nitrogen and oxygen atoms in total. The fraction of sp³-hybridized carbons (Fsp3) is 0. The number of nitriles is 1. The van der Waals surface area contributed by atoms with Crippen molar-refractivity contribution < 1.29 is 0 Å². The second kappa shape index (κ2) is 4.41. The molecule has 0 aliphatic carbocycles. The first-order valence-electron chi connectivity index (χ1n) is 5.33. The Morgan fingerprint density at radius 3 is 2.61 bits per heavy atom. The summed E-state index contributed by atoms with van der Waals surface area (Å²) in [5.41, 5.74) is 2.62. The summed E-state index contributed by atoms with van der Waals surface area (Å²) in [7, 11) is 0. The Labute approximate surface area is 113 Å². The van der Waals surface area contributed by atoms with Crippen molar-refractivity contribution in [3.8, 4) is 16.6 Å². The highest BCUT2D eigenvalue weighted by atomic mass is 35.5. The highest BCUT2D eigenvalue weighted by Gasteiger charge is 2.06. The Kier molecular flexibility index (Phi) is 2.75. The van der Waals surface area contributed by atoms with Gasteiger partial charge in [-0.3, -0.25) is 0 Å². The van der Waals surface area contributed by atoms with Crippen molar-refractivity contribution in [3.05, 3.63) is 53.1 Å². The number of thiazole rings is 1. The van der Waals surface area contributed by atoms with Crippen molar-refractivity contribution in [2.24, 2.45) is 0 Å². The van der Waals surface area contributed by atoms with Gasteiger partial charge in [-0.05, 0) is 30.3 Å².